The van der Waals surface area contributed by atoms with Crippen LogP contribution in [0.4, 0.5) is 11.4 Å². The van der Waals surface area contributed by atoms with Gasteiger partial charge in [0.25, 0.3) is 0 Å². The molecule has 3 N–H and O–H groups in total. The minimum Gasteiger partial charge on any atom is -0.398 e. The van der Waals surface area contributed by atoms with Crippen molar-refractivity contribution in [2.45, 2.75) is 45.4 Å². The van der Waals surface area contributed by atoms with Gasteiger partial charge in [0.05, 0.1) is 5.56 Å². The number of nitrogens with two attached hydrogens (primary N) is 1. The van der Waals surface area contributed by atoms with Crippen LogP contribution < -0.4 is 11.1 Å². The molecule has 0 saturated carbocycles. The molecule has 0 aliphatic carbocycles. The molecule has 3 nitrogen and oxygen atoms in total. The van der Waals surface area contributed by atoms with E-state index >= 15 is 0 Å². The summed E-state index contributed by atoms with van der Waals surface area (Å²) in [6.45, 7) is 3.19. The standard InChI is InChI=1S/C15H23N3/c1-2-3-4-5-6-7-10-18-14-8-9-15(17)13(11-14)12-16/h8-9,11,18H,2-7,10,17H2,1H3. The summed E-state index contributed by atoms with van der Waals surface area (Å²) in [7, 11) is 0. The average molecular weight is 245 g/mol. The predicted octanol–water partition coefficient (Wildman–Crippen LogP) is 3.91. The van der Waals surface area contributed by atoms with Gasteiger partial charge in [0.1, 0.15) is 6.07 Å². The van der Waals surface area contributed by atoms with Crippen molar-refractivity contribution in [1.82, 2.24) is 0 Å². The highest BCUT2D eigenvalue weighted by molar-refractivity contribution is 5.61. The molecule has 0 fully saturated rings. The van der Waals surface area contributed by atoms with Gasteiger partial charge in [0.2, 0.25) is 0 Å². The summed E-state index contributed by atoms with van der Waals surface area (Å²) in [5.74, 6) is 0. The molecule has 0 aliphatic heterocycles. The summed E-state index contributed by atoms with van der Waals surface area (Å²) >= 11 is 0. The zero-order valence-electron chi connectivity index (χ0n) is 11.2. The zero-order valence-corrected chi connectivity index (χ0v) is 11.2. The third-order valence-electron chi connectivity index (χ3n) is 3.03. The van der Waals surface area contributed by atoms with Crippen molar-refractivity contribution in [1.29, 1.82) is 5.26 Å². The lowest BCUT2D eigenvalue weighted by atomic mass is 10.1. The van der Waals surface area contributed by atoms with Gasteiger partial charge in [-0.2, -0.15) is 5.26 Å². The van der Waals surface area contributed by atoms with Crippen LogP contribution in [0.25, 0.3) is 0 Å². The Bertz CT molecular complexity index is 393. The molecule has 18 heavy (non-hydrogen) atoms. The number of hydrogen-bond donors (Lipinski definition) is 2. The van der Waals surface area contributed by atoms with Crippen LogP contribution in [0.3, 0.4) is 0 Å². The molecule has 0 heterocycles. The maximum atomic E-state index is 8.88. The Balaban J connectivity index is 2.22. The highest BCUT2D eigenvalue weighted by Gasteiger charge is 1.99. The molecule has 3 heteroatoms. The number of benzene rings is 1. The van der Waals surface area contributed by atoms with Gasteiger partial charge in [-0.1, -0.05) is 39.0 Å². The van der Waals surface area contributed by atoms with Crippen molar-refractivity contribution >= 4 is 11.4 Å². The van der Waals surface area contributed by atoms with Crippen LogP contribution in [0.5, 0.6) is 0 Å². The number of hydrogen-bond acceptors (Lipinski definition) is 3. The third-order valence-corrected chi connectivity index (χ3v) is 3.03. The smallest absolute Gasteiger partial charge is 0.101 e. The van der Waals surface area contributed by atoms with Crippen molar-refractivity contribution in [3.63, 3.8) is 0 Å². The fourth-order valence-electron chi connectivity index (χ4n) is 1.90. The van der Waals surface area contributed by atoms with Crippen molar-refractivity contribution in [3.8, 4) is 6.07 Å². The Morgan fingerprint density at radius 1 is 1.17 bits per heavy atom. The van der Waals surface area contributed by atoms with Crippen LogP contribution in [0.2, 0.25) is 0 Å². The topological polar surface area (TPSA) is 61.8 Å². The molecule has 0 aliphatic rings. The Hall–Kier alpha value is -1.69. The molecule has 0 radical (unpaired) electrons. The van der Waals surface area contributed by atoms with Crippen molar-refractivity contribution in [2.24, 2.45) is 0 Å². The van der Waals surface area contributed by atoms with Crippen LogP contribution in [-0.4, -0.2) is 6.54 Å². The van der Waals surface area contributed by atoms with Crippen LogP contribution in [-0.2, 0) is 0 Å². The number of unbranched alkanes of at least 4 members (excludes halogenated alkanes) is 5. The highest BCUT2D eigenvalue weighted by atomic mass is 14.9. The number of nitriles is 1. The molecule has 1 aromatic rings. The predicted molar refractivity (Wildman–Crippen MR) is 77.4 cm³/mol. The van der Waals surface area contributed by atoms with E-state index in [0.717, 1.165) is 12.2 Å². The first-order valence-electron chi connectivity index (χ1n) is 6.81. The summed E-state index contributed by atoms with van der Waals surface area (Å²) in [5.41, 5.74) is 7.74. The number of nitrogens with one attached hydrogen (secondary N) is 1. The summed E-state index contributed by atoms with van der Waals surface area (Å²) in [6.07, 6.45) is 7.75. The second-order valence-electron chi connectivity index (χ2n) is 4.61. The Kier molecular flexibility index (Phi) is 6.71. The van der Waals surface area contributed by atoms with Crippen molar-refractivity contribution < 1.29 is 0 Å². The van der Waals surface area contributed by atoms with Gasteiger partial charge in [0.15, 0.2) is 0 Å². The monoisotopic (exact) mass is 245 g/mol. The van der Waals surface area contributed by atoms with Gasteiger partial charge in [0, 0.05) is 17.9 Å². The minimum absolute atomic E-state index is 0.544. The molecule has 0 aromatic heterocycles. The largest absolute Gasteiger partial charge is 0.398 e. The van der Waals surface area contributed by atoms with Crippen LogP contribution in [0, 0.1) is 11.3 Å². The third kappa shape index (κ3) is 5.09. The van der Waals surface area contributed by atoms with Gasteiger partial charge < -0.3 is 11.1 Å². The normalized spacial score (nSPS) is 10.0. The molecule has 0 bridgehead atoms. The van der Waals surface area contributed by atoms with Crippen LogP contribution in [0.15, 0.2) is 18.2 Å². The van der Waals surface area contributed by atoms with Crippen LogP contribution >= 0.6 is 0 Å². The van der Waals surface area contributed by atoms with Gasteiger partial charge in [-0.15, -0.1) is 0 Å². The Morgan fingerprint density at radius 2 is 1.89 bits per heavy atom. The second kappa shape index (κ2) is 8.41. The lowest BCUT2D eigenvalue weighted by Crippen LogP contribution is -2.02. The number of rotatable bonds is 8. The fourth-order valence-corrected chi connectivity index (χ4v) is 1.90. The summed E-state index contributed by atoms with van der Waals surface area (Å²) < 4.78 is 0. The summed E-state index contributed by atoms with van der Waals surface area (Å²) in [6, 6.07) is 7.61. The minimum atomic E-state index is 0.544. The van der Waals surface area contributed by atoms with E-state index < -0.39 is 0 Å². The zero-order chi connectivity index (χ0) is 13.2. The van der Waals surface area contributed by atoms with Gasteiger partial charge in [-0.3, -0.25) is 0 Å². The second-order valence-corrected chi connectivity index (χ2v) is 4.61. The summed E-state index contributed by atoms with van der Waals surface area (Å²) in [4.78, 5) is 0. The molecular formula is C15H23N3. The highest BCUT2D eigenvalue weighted by Crippen LogP contribution is 2.17. The molecule has 0 saturated heterocycles. The Labute approximate surface area is 110 Å². The first-order chi connectivity index (χ1) is 8.77. The lowest BCUT2D eigenvalue weighted by Gasteiger charge is -2.07. The van der Waals surface area contributed by atoms with E-state index in [4.69, 9.17) is 11.0 Å². The maximum Gasteiger partial charge on any atom is 0.101 e. The molecule has 1 aromatic carbocycles. The number of nitrogen functional groups attached to an aromatic ring is 1. The van der Waals surface area contributed by atoms with Crippen molar-refractivity contribution in [3.05, 3.63) is 23.8 Å². The van der Waals surface area contributed by atoms with E-state index in [1.54, 1.807) is 6.07 Å². The molecule has 0 amide bonds. The molecule has 98 valence electrons. The van der Waals surface area contributed by atoms with Gasteiger partial charge in [-0.25, -0.2) is 0 Å². The molecule has 0 spiro atoms. The van der Waals surface area contributed by atoms with Crippen LogP contribution in [0.1, 0.15) is 51.0 Å². The van der Waals surface area contributed by atoms with E-state index in [1.165, 1.54) is 38.5 Å². The quantitative estimate of drug-likeness (QED) is 0.539. The van der Waals surface area contributed by atoms with Crippen molar-refractivity contribution in [2.75, 3.05) is 17.6 Å². The molecule has 0 unspecified atom stereocenters. The fraction of sp³-hybridized carbons (Fsp3) is 0.533. The molecular weight excluding hydrogens is 222 g/mol. The van der Waals surface area contributed by atoms with E-state index in [0.29, 0.717) is 11.3 Å². The number of nitrogens with zero attached hydrogens (tertiary/aromatic N) is 1. The lowest BCUT2D eigenvalue weighted by molar-refractivity contribution is 0.617. The first kappa shape index (κ1) is 14.4. The molecule has 1 rings (SSSR count). The number of anilines is 2. The SMILES string of the molecule is CCCCCCCCNc1ccc(N)c(C#N)c1. The van der Waals surface area contributed by atoms with E-state index in [9.17, 15) is 0 Å². The van der Waals surface area contributed by atoms with Gasteiger partial charge >= 0.3 is 0 Å². The molecule has 0 atom stereocenters. The van der Waals surface area contributed by atoms with Gasteiger partial charge in [-0.05, 0) is 24.6 Å². The summed E-state index contributed by atoms with van der Waals surface area (Å²) in [5, 5.41) is 12.2. The maximum absolute atomic E-state index is 8.88. The van der Waals surface area contributed by atoms with E-state index in [-0.39, 0.29) is 0 Å². The Morgan fingerprint density at radius 3 is 2.61 bits per heavy atom. The first-order valence-corrected chi connectivity index (χ1v) is 6.81. The van der Waals surface area contributed by atoms with E-state index in [1.807, 2.05) is 12.1 Å². The average Bonchev–Trinajstić information content (AvgIpc) is 2.39. The van der Waals surface area contributed by atoms with E-state index in [2.05, 4.69) is 18.3 Å².